The average Bonchev–Trinajstić information content (AvgIpc) is 3.13. The summed E-state index contributed by atoms with van der Waals surface area (Å²) in [5.41, 5.74) is 1.22. The molecule has 0 aromatic heterocycles. The Bertz CT molecular complexity index is 1410. The molecule has 0 aliphatic carbocycles. The van der Waals surface area contributed by atoms with Crippen molar-refractivity contribution in [3.63, 3.8) is 0 Å². The zero-order valence-electron chi connectivity index (χ0n) is 19.4. The van der Waals surface area contributed by atoms with Crippen molar-refractivity contribution in [1.82, 2.24) is 10.2 Å². The molecule has 8 nitrogen and oxygen atoms in total. The van der Waals surface area contributed by atoms with Gasteiger partial charge in [0.1, 0.15) is 24.7 Å². The predicted octanol–water partition coefficient (Wildman–Crippen LogP) is 5.36. The number of amides is 4. The molecule has 2 N–H and O–H groups in total. The van der Waals surface area contributed by atoms with Crippen LogP contribution in [0.4, 0.5) is 14.9 Å². The van der Waals surface area contributed by atoms with Gasteiger partial charge in [-0.15, -0.1) is 0 Å². The molecule has 4 rings (SSSR count). The van der Waals surface area contributed by atoms with Crippen LogP contribution in [0.1, 0.15) is 11.1 Å². The number of methoxy groups -OCH3 is 1. The van der Waals surface area contributed by atoms with Crippen molar-refractivity contribution in [1.29, 1.82) is 0 Å². The van der Waals surface area contributed by atoms with E-state index in [0.717, 1.165) is 10.5 Å². The van der Waals surface area contributed by atoms with E-state index >= 15 is 0 Å². The number of para-hydroxylation sites is 1. The number of nitrogens with zero attached hydrogens (tertiary/aromatic N) is 1. The first-order valence-electron chi connectivity index (χ1n) is 10.9. The smallest absolute Gasteiger partial charge is 0.329 e. The predicted molar refractivity (Wildman–Crippen MR) is 140 cm³/mol. The molecule has 1 fully saturated rings. The average molecular weight is 589 g/mol. The molecule has 1 heterocycles. The van der Waals surface area contributed by atoms with Crippen molar-refractivity contribution < 1.29 is 28.2 Å². The summed E-state index contributed by atoms with van der Waals surface area (Å²) in [7, 11) is 1.47. The number of anilines is 1. The number of benzene rings is 3. The van der Waals surface area contributed by atoms with Crippen LogP contribution in [0.15, 0.2) is 70.8 Å². The second-order valence-corrected chi connectivity index (χ2v) is 9.07. The number of hydrogen-bond donors (Lipinski definition) is 2. The van der Waals surface area contributed by atoms with Crippen molar-refractivity contribution in [2.24, 2.45) is 0 Å². The Kier molecular flexibility index (Phi) is 8.10. The fourth-order valence-electron chi connectivity index (χ4n) is 3.47. The number of carbonyl (C=O) groups is 3. The molecule has 0 atom stereocenters. The molecule has 37 heavy (non-hydrogen) atoms. The third-order valence-electron chi connectivity index (χ3n) is 5.34. The van der Waals surface area contributed by atoms with Crippen LogP contribution < -0.4 is 20.1 Å². The second kappa shape index (κ2) is 11.4. The maximum atomic E-state index is 13.8. The molecule has 11 heteroatoms. The standard InChI is InChI=1S/C26H20BrClFN3O5/c1-36-22-11-16(17(27)12-23(22)37-14-15-6-2-3-7-18(15)28)10-21-25(34)32(26(35)31-21)13-24(33)30-20-9-5-4-8-19(20)29/h2-12H,13-14H2,1H3,(H,30,33)(H,31,35)/b21-10+. The Balaban J connectivity index is 1.48. The van der Waals surface area contributed by atoms with Gasteiger partial charge in [-0.2, -0.15) is 0 Å². The van der Waals surface area contributed by atoms with Crippen LogP contribution in [0.25, 0.3) is 6.08 Å². The third-order valence-corrected chi connectivity index (χ3v) is 6.39. The molecule has 4 amide bonds. The molecule has 190 valence electrons. The number of halogens is 3. The van der Waals surface area contributed by atoms with Crippen molar-refractivity contribution >= 4 is 57.1 Å². The Hall–Kier alpha value is -3.89. The summed E-state index contributed by atoms with van der Waals surface area (Å²) >= 11 is 9.64. The van der Waals surface area contributed by atoms with E-state index in [9.17, 15) is 18.8 Å². The molecule has 0 saturated carbocycles. The summed E-state index contributed by atoms with van der Waals surface area (Å²) in [5, 5.41) is 5.37. The number of hydrogen-bond acceptors (Lipinski definition) is 5. The summed E-state index contributed by atoms with van der Waals surface area (Å²) in [4.78, 5) is 38.3. The lowest BCUT2D eigenvalue weighted by Gasteiger charge is -2.14. The van der Waals surface area contributed by atoms with E-state index in [-0.39, 0.29) is 18.0 Å². The topological polar surface area (TPSA) is 97.0 Å². The zero-order chi connectivity index (χ0) is 26.5. The highest BCUT2D eigenvalue weighted by Gasteiger charge is 2.35. The molecule has 0 radical (unpaired) electrons. The van der Waals surface area contributed by atoms with Gasteiger partial charge in [0.15, 0.2) is 11.5 Å². The third kappa shape index (κ3) is 6.10. The summed E-state index contributed by atoms with van der Waals surface area (Å²) in [6.07, 6.45) is 1.44. The summed E-state index contributed by atoms with van der Waals surface area (Å²) < 4.78 is 25.7. The quantitative estimate of drug-likeness (QED) is 0.273. The summed E-state index contributed by atoms with van der Waals surface area (Å²) in [6, 6.07) is 15.4. The summed E-state index contributed by atoms with van der Waals surface area (Å²) in [6.45, 7) is -0.378. The van der Waals surface area contributed by atoms with Crippen LogP contribution in [0.3, 0.4) is 0 Å². The Labute approximate surface area is 225 Å². The highest BCUT2D eigenvalue weighted by atomic mass is 79.9. The molecule has 1 saturated heterocycles. The lowest BCUT2D eigenvalue weighted by atomic mass is 10.1. The maximum Gasteiger partial charge on any atom is 0.329 e. The van der Waals surface area contributed by atoms with Crippen molar-refractivity contribution in [3.05, 3.63) is 92.8 Å². The minimum atomic E-state index is -0.775. The van der Waals surface area contributed by atoms with Gasteiger partial charge in [-0.1, -0.05) is 57.9 Å². The Morgan fingerprint density at radius 3 is 2.59 bits per heavy atom. The lowest BCUT2D eigenvalue weighted by Crippen LogP contribution is -2.38. The van der Waals surface area contributed by atoms with Crippen LogP contribution >= 0.6 is 27.5 Å². The summed E-state index contributed by atoms with van der Waals surface area (Å²) in [5.74, 6) is -1.24. The Morgan fingerprint density at radius 1 is 1.14 bits per heavy atom. The van der Waals surface area contributed by atoms with E-state index in [0.29, 0.717) is 26.6 Å². The van der Waals surface area contributed by atoms with Gasteiger partial charge < -0.3 is 20.1 Å². The highest BCUT2D eigenvalue weighted by Crippen LogP contribution is 2.35. The monoisotopic (exact) mass is 587 g/mol. The van der Waals surface area contributed by atoms with Gasteiger partial charge >= 0.3 is 6.03 Å². The van der Waals surface area contributed by atoms with Crippen LogP contribution in [0, 0.1) is 5.82 Å². The molecular formula is C26H20BrClFN3O5. The highest BCUT2D eigenvalue weighted by molar-refractivity contribution is 9.10. The normalized spacial score (nSPS) is 14.1. The van der Waals surface area contributed by atoms with Crippen LogP contribution in [0.5, 0.6) is 11.5 Å². The molecule has 1 aliphatic rings. The lowest BCUT2D eigenvalue weighted by molar-refractivity contribution is -0.127. The van der Waals surface area contributed by atoms with Crippen molar-refractivity contribution in [3.8, 4) is 11.5 Å². The first-order chi connectivity index (χ1) is 17.8. The SMILES string of the molecule is COc1cc(/C=C2/NC(=O)N(CC(=O)Nc3ccccc3F)C2=O)c(Br)cc1OCc1ccccc1Cl. The molecule has 3 aromatic carbocycles. The minimum absolute atomic E-state index is 0.0452. The van der Waals surface area contributed by atoms with Gasteiger partial charge in [0, 0.05) is 15.1 Å². The fourth-order valence-corrected chi connectivity index (χ4v) is 4.10. The number of urea groups is 1. The van der Waals surface area contributed by atoms with E-state index in [1.165, 1.54) is 31.4 Å². The van der Waals surface area contributed by atoms with Crippen LogP contribution in [-0.4, -0.2) is 36.4 Å². The van der Waals surface area contributed by atoms with E-state index in [1.54, 1.807) is 24.3 Å². The van der Waals surface area contributed by atoms with Gasteiger partial charge in [-0.3, -0.25) is 9.59 Å². The number of carbonyl (C=O) groups excluding carboxylic acids is 3. The minimum Gasteiger partial charge on any atom is -0.493 e. The maximum absolute atomic E-state index is 13.8. The first-order valence-corrected chi connectivity index (χ1v) is 12.1. The molecule has 3 aromatic rings. The second-order valence-electron chi connectivity index (χ2n) is 7.81. The molecule has 0 spiro atoms. The van der Waals surface area contributed by atoms with Gasteiger partial charge in [0.25, 0.3) is 5.91 Å². The van der Waals surface area contributed by atoms with E-state index in [2.05, 4.69) is 26.6 Å². The van der Waals surface area contributed by atoms with Gasteiger partial charge in [-0.25, -0.2) is 14.1 Å². The van der Waals surface area contributed by atoms with Gasteiger partial charge in [0.2, 0.25) is 5.91 Å². The van der Waals surface area contributed by atoms with Gasteiger partial charge in [0.05, 0.1) is 12.8 Å². The van der Waals surface area contributed by atoms with Crippen LogP contribution in [0.2, 0.25) is 5.02 Å². The van der Waals surface area contributed by atoms with E-state index < -0.39 is 30.2 Å². The van der Waals surface area contributed by atoms with Crippen LogP contribution in [-0.2, 0) is 16.2 Å². The molecular weight excluding hydrogens is 569 g/mol. The molecule has 0 unspecified atom stereocenters. The van der Waals surface area contributed by atoms with Gasteiger partial charge in [-0.05, 0) is 42.0 Å². The fraction of sp³-hybridized carbons (Fsp3) is 0.115. The van der Waals surface area contributed by atoms with Crippen molar-refractivity contribution in [2.45, 2.75) is 6.61 Å². The first kappa shape index (κ1) is 26.2. The van der Waals surface area contributed by atoms with Crippen molar-refractivity contribution in [2.75, 3.05) is 19.0 Å². The number of ether oxygens (including phenoxy) is 2. The largest absolute Gasteiger partial charge is 0.493 e. The Morgan fingerprint density at radius 2 is 1.86 bits per heavy atom. The number of imide groups is 1. The zero-order valence-corrected chi connectivity index (χ0v) is 21.7. The molecule has 0 bridgehead atoms. The number of rotatable bonds is 8. The number of nitrogens with one attached hydrogen (secondary N) is 2. The van der Waals surface area contributed by atoms with E-state index in [1.807, 2.05) is 18.2 Å². The van der Waals surface area contributed by atoms with E-state index in [4.69, 9.17) is 21.1 Å². The molecule has 1 aliphatic heterocycles.